The first-order valence-corrected chi connectivity index (χ1v) is 9.41. The van der Waals surface area contributed by atoms with Crippen LogP contribution >= 0.6 is 11.8 Å². The number of nitrogens with zero attached hydrogens (tertiary/aromatic N) is 4. The van der Waals surface area contributed by atoms with Crippen molar-refractivity contribution in [3.63, 3.8) is 0 Å². The molecule has 2 fully saturated rings. The van der Waals surface area contributed by atoms with Crippen LogP contribution in [-0.2, 0) is 4.74 Å². The van der Waals surface area contributed by atoms with Crippen molar-refractivity contribution in [2.75, 3.05) is 24.6 Å². The lowest BCUT2D eigenvalue weighted by Gasteiger charge is -2.38. The van der Waals surface area contributed by atoms with Gasteiger partial charge in [0.1, 0.15) is 10.8 Å². The monoisotopic (exact) mass is 360 g/mol. The molecule has 0 aromatic carbocycles. The third-order valence-electron chi connectivity index (χ3n) is 5.11. The summed E-state index contributed by atoms with van der Waals surface area (Å²) in [6.45, 7) is 5.02. The highest BCUT2D eigenvalue weighted by Crippen LogP contribution is 2.42. The van der Waals surface area contributed by atoms with Gasteiger partial charge in [-0.25, -0.2) is 14.4 Å². The molecule has 1 atom stereocenters. The van der Waals surface area contributed by atoms with Crippen LogP contribution in [0.25, 0.3) is 0 Å². The summed E-state index contributed by atoms with van der Waals surface area (Å²) in [6, 6.07) is 1.64. The maximum Gasteiger partial charge on any atom is 0.155 e. The Kier molecular flexibility index (Phi) is 4.60. The molecule has 0 bridgehead atoms. The topological polar surface area (TPSA) is 51.1 Å². The van der Waals surface area contributed by atoms with Crippen LogP contribution in [0.15, 0.2) is 40.8 Å². The van der Waals surface area contributed by atoms with Crippen LogP contribution in [0.2, 0.25) is 0 Å². The Balaban J connectivity index is 1.39. The highest BCUT2D eigenvalue weighted by atomic mass is 32.2. The molecule has 0 unspecified atom stereocenters. The molecule has 0 amide bonds. The van der Waals surface area contributed by atoms with E-state index >= 15 is 0 Å². The first-order chi connectivity index (χ1) is 12.1. The number of anilines is 1. The third kappa shape index (κ3) is 3.62. The van der Waals surface area contributed by atoms with Crippen molar-refractivity contribution in [2.45, 2.75) is 42.2 Å². The molecular formula is C18H21FN4OS. The van der Waals surface area contributed by atoms with E-state index in [1.54, 1.807) is 24.7 Å². The second-order valence-corrected chi connectivity index (χ2v) is 8.00. The van der Waals surface area contributed by atoms with Crippen molar-refractivity contribution in [1.29, 1.82) is 0 Å². The second kappa shape index (κ2) is 6.88. The highest BCUT2D eigenvalue weighted by Gasteiger charge is 2.41. The minimum atomic E-state index is -0.340. The van der Waals surface area contributed by atoms with Gasteiger partial charge in [-0.1, -0.05) is 11.8 Å². The van der Waals surface area contributed by atoms with Gasteiger partial charge in [-0.05, 0) is 37.7 Å². The van der Waals surface area contributed by atoms with Crippen LogP contribution in [0, 0.1) is 11.2 Å². The van der Waals surface area contributed by atoms with Gasteiger partial charge in [0, 0.05) is 19.3 Å². The van der Waals surface area contributed by atoms with Crippen molar-refractivity contribution >= 4 is 17.6 Å². The zero-order chi connectivity index (χ0) is 17.3. The first kappa shape index (κ1) is 16.7. The van der Waals surface area contributed by atoms with E-state index in [1.165, 1.54) is 24.4 Å². The Bertz CT molecular complexity index is 734. The lowest BCUT2D eigenvalue weighted by molar-refractivity contribution is 0.0976. The smallest absolute Gasteiger partial charge is 0.155 e. The quantitative estimate of drug-likeness (QED) is 0.834. The molecule has 0 radical (unpaired) electrons. The largest absolute Gasteiger partial charge is 0.378 e. The summed E-state index contributed by atoms with van der Waals surface area (Å²) >= 11 is 1.26. The Morgan fingerprint density at radius 2 is 2.08 bits per heavy atom. The molecule has 2 aliphatic rings. The summed E-state index contributed by atoms with van der Waals surface area (Å²) in [4.78, 5) is 15.5. The van der Waals surface area contributed by atoms with Crippen molar-refractivity contribution in [2.24, 2.45) is 5.41 Å². The van der Waals surface area contributed by atoms with Gasteiger partial charge in [0.05, 0.1) is 36.2 Å². The molecule has 4 rings (SSSR count). The van der Waals surface area contributed by atoms with E-state index in [0.29, 0.717) is 21.4 Å². The molecular weight excluding hydrogens is 339 g/mol. The fourth-order valence-electron chi connectivity index (χ4n) is 3.69. The summed E-state index contributed by atoms with van der Waals surface area (Å²) in [5.41, 5.74) is 0.359. The summed E-state index contributed by atoms with van der Waals surface area (Å²) < 4.78 is 19.5. The van der Waals surface area contributed by atoms with Crippen LogP contribution in [0.4, 0.5) is 10.2 Å². The predicted octanol–water partition coefficient (Wildman–Crippen LogP) is 3.56. The van der Waals surface area contributed by atoms with Crippen molar-refractivity contribution in [3.05, 3.63) is 36.7 Å². The number of rotatable bonds is 3. The van der Waals surface area contributed by atoms with Crippen LogP contribution < -0.4 is 4.90 Å². The average Bonchev–Trinajstić information content (AvgIpc) is 2.99. The Morgan fingerprint density at radius 3 is 2.72 bits per heavy atom. The van der Waals surface area contributed by atoms with Gasteiger partial charge in [-0.2, -0.15) is 0 Å². The standard InChI is InChI=1S/C18H21FN4OS/c1-13-8-18(12-24-13)3-6-23(7-4-18)16-10-22-17(11-21-16)25-15-2-5-20-9-14(15)19/h2,5,9-11,13H,3-4,6-8,12H2,1H3/t13-/m0/s1. The lowest BCUT2D eigenvalue weighted by atomic mass is 9.77. The minimum absolute atomic E-state index is 0.340. The zero-order valence-corrected chi connectivity index (χ0v) is 15.0. The van der Waals surface area contributed by atoms with Crippen LogP contribution in [0.5, 0.6) is 0 Å². The average molecular weight is 360 g/mol. The van der Waals surface area contributed by atoms with Gasteiger partial charge >= 0.3 is 0 Å². The van der Waals surface area contributed by atoms with Gasteiger partial charge in [-0.3, -0.25) is 4.98 Å². The third-order valence-corrected chi connectivity index (χ3v) is 6.08. The molecule has 5 nitrogen and oxygen atoms in total. The summed E-state index contributed by atoms with van der Waals surface area (Å²) in [6.07, 6.45) is 10.1. The minimum Gasteiger partial charge on any atom is -0.378 e. The van der Waals surface area contributed by atoms with Gasteiger partial charge in [-0.15, -0.1) is 0 Å². The van der Waals surface area contributed by atoms with E-state index in [2.05, 4.69) is 26.8 Å². The maximum atomic E-state index is 13.7. The van der Waals surface area contributed by atoms with E-state index in [-0.39, 0.29) is 5.82 Å². The number of hydrogen-bond acceptors (Lipinski definition) is 6. The Labute approximate surface area is 151 Å². The van der Waals surface area contributed by atoms with E-state index < -0.39 is 0 Å². The fraction of sp³-hybridized carbons (Fsp3) is 0.500. The van der Waals surface area contributed by atoms with Crippen molar-refractivity contribution in [1.82, 2.24) is 15.0 Å². The predicted molar refractivity (Wildman–Crippen MR) is 94.3 cm³/mol. The molecule has 0 saturated carbocycles. The molecule has 2 aliphatic heterocycles. The van der Waals surface area contributed by atoms with Crippen LogP contribution in [0.1, 0.15) is 26.2 Å². The molecule has 7 heteroatoms. The van der Waals surface area contributed by atoms with E-state index in [1.807, 2.05) is 0 Å². The number of halogens is 1. The maximum absolute atomic E-state index is 13.7. The SMILES string of the molecule is C[C@H]1CC2(CCN(c3cnc(Sc4ccncc4F)cn3)CC2)CO1. The van der Waals surface area contributed by atoms with Gasteiger partial charge in [0.15, 0.2) is 5.82 Å². The molecule has 4 heterocycles. The number of piperidine rings is 1. The molecule has 2 saturated heterocycles. The Hall–Kier alpha value is -1.73. The fourth-order valence-corrected chi connectivity index (χ4v) is 4.40. The second-order valence-electron chi connectivity index (χ2n) is 6.93. The van der Waals surface area contributed by atoms with E-state index in [0.717, 1.165) is 38.4 Å². The molecule has 1 spiro atoms. The van der Waals surface area contributed by atoms with Gasteiger partial charge in [0.25, 0.3) is 0 Å². The molecule has 0 aliphatic carbocycles. The van der Waals surface area contributed by atoms with Crippen molar-refractivity contribution < 1.29 is 9.13 Å². The number of hydrogen-bond donors (Lipinski definition) is 0. The van der Waals surface area contributed by atoms with Gasteiger partial charge in [0.2, 0.25) is 0 Å². The Morgan fingerprint density at radius 1 is 1.24 bits per heavy atom. The lowest BCUT2D eigenvalue weighted by Crippen LogP contribution is -2.41. The first-order valence-electron chi connectivity index (χ1n) is 8.60. The van der Waals surface area contributed by atoms with Crippen LogP contribution in [0.3, 0.4) is 0 Å². The molecule has 2 aromatic heterocycles. The summed E-state index contributed by atoms with van der Waals surface area (Å²) in [5.74, 6) is 0.550. The highest BCUT2D eigenvalue weighted by molar-refractivity contribution is 7.99. The normalized spacial score (nSPS) is 22.5. The molecule has 132 valence electrons. The molecule has 0 N–H and O–H groups in total. The molecule has 2 aromatic rings. The number of pyridine rings is 1. The number of ether oxygens (including phenoxy) is 1. The van der Waals surface area contributed by atoms with Crippen LogP contribution in [-0.4, -0.2) is 40.8 Å². The summed E-state index contributed by atoms with van der Waals surface area (Å²) in [5, 5.41) is 0.681. The molecule has 25 heavy (non-hydrogen) atoms. The van der Waals surface area contributed by atoms with E-state index in [4.69, 9.17) is 4.74 Å². The summed E-state index contributed by atoms with van der Waals surface area (Å²) in [7, 11) is 0. The van der Waals surface area contributed by atoms with Gasteiger partial charge < -0.3 is 9.64 Å². The zero-order valence-electron chi connectivity index (χ0n) is 14.2. The van der Waals surface area contributed by atoms with Crippen molar-refractivity contribution in [3.8, 4) is 0 Å². The van der Waals surface area contributed by atoms with E-state index in [9.17, 15) is 4.39 Å². The number of aromatic nitrogens is 3.